The number of rotatable bonds is 8. The molecule has 0 radical (unpaired) electrons. The van der Waals surface area contributed by atoms with Crippen molar-refractivity contribution in [2.24, 2.45) is 22.0 Å². The molecule has 2 aromatic carbocycles. The van der Waals surface area contributed by atoms with Crippen LogP contribution in [-0.4, -0.2) is 46.0 Å². The van der Waals surface area contributed by atoms with Gasteiger partial charge < -0.3 is 20.1 Å². The minimum Gasteiger partial charge on any atom is -0.481 e. The second-order valence-electron chi connectivity index (χ2n) is 9.74. The van der Waals surface area contributed by atoms with Gasteiger partial charge in [0.1, 0.15) is 11.6 Å². The molecule has 9 heteroatoms. The summed E-state index contributed by atoms with van der Waals surface area (Å²) in [4.78, 5) is 43.8. The van der Waals surface area contributed by atoms with Crippen molar-refractivity contribution in [1.82, 2.24) is 10.4 Å². The molecule has 2 aliphatic heterocycles. The fourth-order valence-electron chi connectivity index (χ4n) is 4.09. The molecule has 0 fully saturated rings. The summed E-state index contributed by atoms with van der Waals surface area (Å²) in [5.74, 6) is -1.91. The van der Waals surface area contributed by atoms with Crippen molar-refractivity contribution in [3.63, 3.8) is 0 Å². The number of ketones is 2. The largest absolute Gasteiger partial charge is 0.481 e. The fraction of sp³-hybridized carbons (Fsp3) is 0.400. The quantitative estimate of drug-likeness (QED) is 0.493. The van der Waals surface area contributed by atoms with Crippen molar-refractivity contribution >= 4 is 35.9 Å². The first-order valence-electron chi connectivity index (χ1n) is 13.0. The molecule has 4 rings (SSSR count). The molecule has 4 atom stereocenters. The Morgan fingerprint density at radius 2 is 1.38 bits per heavy atom. The summed E-state index contributed by atoms with van der Waals surface area (Å²) in [6, 6.07) is 20.6. The second-order valence-corrected chi connectivity index (χ2v) is 9.74. The van der Waals surface area contributed by atoms with Crippen molar-refractivity contribution in [3.05, 3.63) is 71.8 Å². The topological polar surface area (TPSA) is 128 Å². The number of nitrogens with zero attached hydrogens (tertiary/aromatic N) is 3. The van der Waals surface area contributed by atoms with Crippen LogP contribution >= 0.6 is 0 Å². The molecular weight excluding hydrogens is 496 g/mol. The summed E-state index contributed by atoms with van der Waals surface area (Å²) in [7, 11) is 0. The van der Waals surface area contributed by atoms with Crippen LogP contribution in [0.25, 0.3) is 0 Å². The number of benzene rings is 2. The Morgan fingerprint density at radius 1 is 0.846 bits per heavy atom. The maximum Gasteiger partial charge on any atom is 0.306 e. The highest BCUT2D eigenvalue weighted by molar-refractivity contribution is 5.87. The smallest absolute Gasteiger partial charge is 0.306 e. The Labute approximate surface area is 230 Å². The van der Waals surface area contributed by atoms with Crippen molar-refractivity contribution in [1.29, 1.82) is 0 Å². The number of aliphatic carboxylic acids is 1. The molecule has 2 aliphatic rings. The number of carbonyl (C=O) groups excluding carboxylic acids is 3. The lowest BCUT2D eigenvalue weighted by molar-refractivity contribution is -0.142. The summed E-state index contributed by atoms with van der Waals surface area (Å²) in [5, 5.41) is 17.9. The zero-order chi connectivity index (χ0) is 28.8. The molecular formula is C30H38N4O5. The Hall–Kier alpha value is -4.14. The van der Waals surface area contributed by atoms with Crippen LogP contribution in [0, 0.1) is 11.8 Å². The summed E-state index contributed by atoms with van der Waals surface area (Å²) in [6.07, 6.45) is 5.81. The average molecular weight is 535 g/mol. The van der Waals surface area contributed by atoms with Crippen LogP contribution in [0.3, 0.4) is 0 Å². The standard InChI is InChI=1S/C15H18N2O2.C9H10N2.C6H10O3/c1-11(10-12(2)18)15(19)17-14(8-9-16-17)13-6-4-3-5-7-13;1-2-4-8(5-3-1)9-6-7-10-11-9;1-4(6(8)9)3-5(2)7/h3-7,9,11,14H,8,10H2,1-2H3;1-5,7,9,11H,6H2;4H,3H2,1-2H3,(H,8,9)/t11-,14?;;4-/m0.0/s1. The van der Waals surface area contributed by atoms with Crippen LogP contribution in [0.15, 0.2) is 70.9 Å². The van der Waals surface area contributed by atoms with Crippen molar-refractivity contribution in [2.45, 2.75) is 65.5 Å². The molecule has 0 saturated carbocycles. The molecule has 0 aliphatic carbocycles. The number of Topliss-reactive ketones (excluding diaryl/α,β-unsaturated/α-hetero) is 2. The molecule has 0 bridgehead atoms. The van der Waals surface area contributed by atoms with E-state index in [2.05, 4.69) is 39.9 Å². The number of hydrogen-bond acceptors (Lipinski definition) is 7. The van der Waals surface area contributed by atoms with Crippen LogP contribution < -0.4 is 5.43 Å². The zero-order valence-corrected chi connectivity index (χ0v) is 23.0. The van der Waals surface area contributed by atoms with Crippen molar-refractivity contribution in [3.8, 4) is 0 Å². The van der Waals surface area contributed by atoms with E-state index in [0.717, 1.165) is 18.4 Å². The van der Waals surface area contributed by atoms with E-state index in [1.807, 2.05) is 42.6 Å². The number of hydrazone groups is 2. The summed E-state index contributed by atoms with van der Waals surface area (Å²) < 4.78 is 0. The summed E-state index contributed by atoms with van der Waals surface area (Å²) in [6.45, 7) is 6.19. The molecule has 2 N–H and O–H groups in total. The van der Waals surface area contributed by atoms with Gasteiger partial charge in [-0.05, 0) is 25.0 Å². The highest BCUT2D eigenvalue weighted by atomic mass is 16.4. The first kappa shape index (κ1) is 31.1. The number of amides is 1. The third kappa shape index (κ3) is 10.6. The first-order chi connectivity index (χ1) is 18.6. The monoisotopic (exact) mass is 534 g/mol. The lowest BCUT2D eigenvalue weighted by Gasteiger charge is -2.24. The Morgan fingerprint density at radius 3 is 1.85 bits per heavy atom. The highest BCUT2D eigenvalue weighted by Gasteiger charge is 2.31. The van der Waals surface area contributed by atoms with Gasteiger partial charge in [0.15, 0.2) is 0 Å². The predicted octanol–water partition coefficient (Wildman–Crippen LogP) is 4.95. The normalized spacial score (nSPS) is 18.5. The van der Waals surface area contributed by atoms with Crippen LogP contribution in [0.2, 0.25) is 0 Å². The van der Waals surface area contributed by atoms with Crippen LogP contribution in [0.5, 0.6) is 0 Å². The van der Waals surface area contributed by atoms with Gasteiger partial charge in [0.25, 0.3) is 0 Å². The van der Waals surface area contributed by atoms with E-state index in [1.54, 1.807) is 13.1 Å². The van der Waals surface area contributed by atoms with Gasteiger partial charge in [0, 0.05) is 44.0 Å². The van der Waals surface area contributed by atoms with E-state index in [-0.39, 0.29) is 42.3 Å². The summed E-state index contributed by atoms with van der Waals surface area (Å²) >= 11 is 0. The van der Waals surface area contributed by atoms with E-state index in [4.69, 9.17) is 5.11 Å². The third-order valence-corrected chi connectivity index (χ3v) is 6.14. The Bertz CT molecular complexity index is 1140. The molecule has 2 heterocycles. The summed E-state index contributed by atoms with van der Waals surface area (Å²) in [5.41, 5.74) is 5.43. The second kappa shape index (κ2) is 16.0. The molecule has 2 aromatic rings. The fourth-order valence-corrected chi connectivity index (χ4v) is 4.09. The van der Waals surface area contributed by atoms with Gasteiger partial charge in [-0.3, -0.25) is 9.59 Å². The number of carbonyl (C=O) groups is 4. The Balaban J connectivity index is 0.000000226. The highest BCUT2D eigenvalue weighted by Crippen LogP contribution is 2.29. The first-order valence-corrected chi connectivity index (χ1v) is 13.0. The SMILES string of the molecule is C1=NNC(c2ccccc2)C1.CC(=O)C[C@H](C)C(=O)N1N=CCC1c1ccccc1.CC(=O)C[C@H](C)C(=O)O. The van der Waals surface area contributed by atoms with E-state index >= 15 is 0 Å². The Kier molecular flexibility index (Phi) is 12.7. The predicted molar refractivity (Wildman–Crippen MR) is 151 cm³/mol. The molecule has 0 spiro atoms. The van der Waals surface area contributed by atoms with Gasteiger partial charge >= 0.3 is 5.97 Å². The van der Waals surface area contributed by atoms with E-state index in [9.17, 15) is 19.2 Å². The van der Waals surface area contributed by atoms with Crippen molar-refractivity contribution in [2.75, 3.05) is 0 Å². The van der Waals surface area contributed by atoms with E-state index in [1.165, 1.54) is 31.3 Å². The van der Waals surface area contributed by atoms with Gasteiger partial charge in [-0.25, -0.2) is 5.01 Å². The maximum atomic E-state index is 12.3. The zero-order valence-electron chi connectivity index (χ0n) is 23.0. The average Bonchev–Trinajstić information content (AvgIpc) is 3.62. The lowest BCUT2D eigenvalue weighted by atomic mass is 10.0. The molecule has 1 amide bonds. The molecule has 39 heavy (non-hydrogen) atoms. The van der Waals surface area contributed by atoms with E-state index in [0.29, 0.717) is 6.04 Å². The minimum atomic E-state index is -0.912. The molecule has 0 aromatic heterocycles. The van der Waals surface area contributed by atoms with Crippen molar-refractivity contribution < 1.29 is 24.3 Å². The number of carboxylic acid groups (broad SMARTS) is 1. The number of hydrogen-bond donors (Lipinski definition) is 2. The van der Waals surface area contributed by atoms with Gasteiger partial charge in [-0.15, -0.1) is 0 Å². The van der Waals surface area contributed by atoms with Gasteiger partial charge in [-0.1, -0.05) is 74.5 Å². The molecule has 2 unspecified atom stereocenters. The number of carboxylic acids is 1. The van der Waals surface area contributed by atoms with E-state index < -0.39 is 11.9 Å². The lowest BCUT2D eigenvalue weighted by Crippen LogP contribution is -2.32. The maximum absolute atomic E-state index is 12.3. The van der Waals surface area contributed by atoms with Gasteiger partial charge in [-0.2, -0.15) is 10.2 Å². The number of nitrogens with one attached hydrogen (secondary N) is 1. The molecule has 208 valence electrons. The molecule has 9 nitrogen and oxygen atoms in total. The third-order valence-electron chi connectivity index (χ3n) is 6.14. The molecule has 0 saturated heterocycles. The van der Waals surface area contributed by atoms with Gasteiger partial charge in [0.05, 0.1) is 18.0 Å². The minimum absolute atomic E-state index is 0.0280. The van der Waals surface area contributed by atoms with Crippen LogP contribution in [0.4, 0.5) is 0 Å². The van der Waals surface area contributed by atoms with Crippen LogP contribution in [0.1, 0.15) is 76.6 Å². The van der Waals surface area contributed by atoms with Gasteiger partial charge in [0.2, 0.25) is 5.91 Å². The van der Waals surface area contributed by atoms with Crippen LogP contribution in [-0.2, 0) is 19.2 Å².